The Labute approximate surface area is 162 Å². The monoisotopic (exact) mass is 387 g/mol. The Hall–Kier alpha value is -3.42. The number of hydrogen-bond donors (Lipinski definition) is 0. The van der Waals surface area contributed by atoms with E-state index in [2.05, 4.69) is 0 Å². The third kappa shape index (κ3) is 6.39. The fraction of sp³-hybridized carbons (Fsp3) is 0.300. The summed E-state index contributed by atoms with van der Waals surface area (Å²) in [5.41, 5.74) is 0.629. The summed E-state index contributed by atoms with van der Waals surface area (Å²) in [6, 6.07) is 11.6. The molecule has 0 atom stereocenters. The molecule has 2 aromatic carbocycles. The SMILES string of the molecule is CC(C)COC(=O)c1ccc(C(=O)OCCOc2ccc([N+](=O)[O-])cc2)cc1. The summed E-state index contributed by atoms with van der Waals surface area (Å²) in [5.74, 6) is -0.308. The van der Waals surface area contributed by atoms with Gasteiger partial charge in [0.2, 0.25) is 0 Å². The molecule has 0 saturated heterocycles. The van der Waals surface area contributed by atoms with Gasteiger partial charge in [0.1, 0.15) is 19.0 Å². The lowest BCUT2D eigenvalue weighted by Crippen LogP contribution is -2.13. The highest BCUT2D eigenvalue weighted by Crippen LogP contribution is 2.17. The normalized spacial score (nSPS) is 10.4. The summed E-state index contributed by atoms with van der Waals surface area (Å²) in [4.78, 5) is 33.9. The van der Waals surface area contributed by atoms with Gasteiger partial charge in [-0.05, 0) is 42.3 Å². The van der Waals surface area contributed by atoms with Crippen LogP contribution in [0.25, 0.3) is 0 Å². The zero-order chi connectivity index (χ0) is 20.5. The van der Waals surface area contributed by atoms with E-state index >= 15 is 0 Å². The minimum atomic E-state index is -0.547. The molecule has 0 aliphatic rings. The molecule has 2 rings (SSSR count). The molecule has 148 valence electrons. The second-order valence-electron chi connectivity index (χ2n) is 6.31. The molecule has 0 bridgehead atoms. The second-order valence-corrected chi connectivity index (χ2v) is 6.31. The van der Waals surface area contributed by atoms with Gasteiger partial charge >= 0.3 is 11.9 Å². The molecule has 8 nitrogen and oxygen atoms in total. The molecule has 0 aromatic heterocycles. The number of rotatable bonds is 9. The maximum absolute atomic E-state index is 12.0. The van der Waals surface area contributed by atoms with Crippen molar-refractivity contribution in [3.63, 3.8) is 0 Å². The fourth-order valence-electron chi connectivity index (χ4n) is 2.11. The molecule has 0 unspecified atom stereocenters. The first kappa shape index (κ1) is 20.9. The van der Waals surface area contributed by atoms with Gasteiger partial charge in [-0.3, -0.25) is 10.1 Å². The van der Waals surface area contributed by atoms with E-state index in [4.69, 9.17) is 14.2 Å². The van der Waals surface area contributed by atoms with Crippen LogP contribution in [0.4, 0.5) is 5.69 Å². The third-order valence-corrected chi connectivity index (χ3v) is 3.54. The number of ether oxygens (including phenoxy) is 3. The summed E-state index contributed by atoms with van der Waals surface area (Å²) < 4.78 is 15.6. The molecule has 0 aliphatic heterocycles. The lowest BCUT2D eigenvalue weighted by Gasteiger charge is -2.09. The molecule has 8 heteroatoms. The van der Waals surface area contributed by atoms with Crippen LogP contribution in [-0.2, 0) is 9.47 Å². The van der Waals surface area contributed by atoms with Crippen molar-refractivity contribution < 1.29 is 28.7 Å². The molecule has 0 aliphatic carbocycles. The molecule has 2 aromatic rings. The van der Waals surface area contributed by atoms with E-state index in [0.717, 1.165) is 0 Å². The van der Waals surface area contributed by atoms with E-state index in [-0.39, 0.29) is 24.8 Å². The lowest BCUT2D eigenvalue weighted by atomic mass is 10.1. The highest BCUT2D eigenvalue weighted by molar-refractivity contribution is 5.93. The third-order valence-electron chi connectivity index (χ3n) is 3.54. The number of carbonyl (C=O) groups excluding carboxylic acids is 2. The molecule has 28 heavy (non-hydrogen) atoms. The number of carbonyl (C=O) groups is 2. The van der Waals surface area contributed by atoms with Crippen molar-refractivity contribution in [1.82, 2.24) is 0 Å². The van der Waals surface area contributed by atoms with Crippen molar-refractivity contribution in [2.45, 2.75) is 13.8 Å². The van der Waals surface area contributed by atoms with Gasteiger partial charge in [0.05, 0.1) is 22.7 Å². The zero-order valence-corrected chi connectivity index (χ0v) is 15.6. The summed E-state index contributed by atoms with van der Waals surface area (Å²) in [6.07, 6.45) is 0. The van der Waals surface area contributed by atoms with Crippen LogP contribution in [0.15, 0.2) is 48.5 Å². The van der Waals surface area contributed by atoms with E-state index in [1.807, 2.05) is 13.8 Å². The van der Waals surface area contributed by atoms with Crippen molar-refractivity contribution in [2.24, 2.45) is 5.92 Å². The Morgan fingerprint density at radius 1 is 0.893 bits per heavy atom. The number of esters is 2. The van der Waals surface area contributed by atoms with Gasteiger partial charge in [-0.1, -0.05) is 13.8 Å². The number of nitro groups is 1. The van der Waals surface area contributed by atoms with Crippen LogP contribution in [0.1, 0.15) is 34.6 Å². The van der Waals surface area contributed by atoms with E-state index in [1.165, 1.54) is 48.5 Å². The number of hydrogen-bond acceptors (Lipinski definition) is 7. The predicted molar refractivity (Wildman–Crippen MR) is 100 cm³/mol. The molecule has 0 radical (unpaired) electrons. The summed E-state index contributed by atoms with van der Waals surface area (Å²) >= 11 is 0. The molecular formula is C20H21NO7. The van der Waals surface area contributed by atoms with Gasteiger partial charge in [-0.2, -0.15) is 0 Å². The lowest BCUT2D eigenvalue weighted by molar-refractivity contribution is -0.384. The van der Waals surface area contributed by atoms with Crippen LogP contribution < -0.4 is 4.74 Å². The quantitative estimate of drug-likeness (QED) is 0.280. The Bertz CT molecular complexity index is 813. The van der Waals surface area contributed by atoms with Gasteiger partial charge < -0.3 is 14.2 Å². The Morgan fingerprint density at radius 3 is 1.93 bits per heavy atom. The van der Waals surface area contributed by atoms with Gasteiger partial charge in [0, 0.05) is 12.1 Å². The van der Waals surface area contributed by atoms with Crippen molar-refractivity contribution in [3.8, 4) is 5.75 Å². The van der Waals surface area contributed by atoms with Crippen LogP contribution in [0.5, 0.6) is 5.75 Å². The molecule has 0 heterocycles. The number of nitrogens with zero attached hydrogens (tertiary/aromatic N) is 1. The molecule has 0 N–H and O–H groups in total. The average Bonchev–Trinajstić information content (AvgIpc) is 2.69. The Balaban J connectivity index is 1.76. The van der Waals surface area contributed by atoms with Gasteiger partial charge in [0.25, 0.3) is 5.69 Å². The Morgan fingerprint density at radius 2 is 1.43 bits per heavy atom. The van der Waals surface area contributed by atoms with Crippen molar-refractivity contribution in [2.75, 3.05) is 19.8 Å². The topological polar surface area (TPSA) is 105 Å². The minimum absolute atomic E-state index is 0.00794. The molecule has 0 fully saturated rings. The highest BCUT2D eigenvalue weighted by Gasteiger charge is 2.11. The van der Waals surface area contributed by atoms with Crippen LogP contribution >= 0.6 is 0 Å². The summed E-state index contributed by atoms with van der Waals surface area (Å²) in [6.45, 7) is 4.32. The summed E-state index contributed by atoms with van der Waals surface area (Å²) in [7, 11) is 0. The number of non-ortho nitro benzene ring substituents is 1. The molecule has 0 spiro atoms. The standard InChI is InChI=1S/C20H21NO7/c1-14(2)13-28-20(23)16-5-3-15(4-6-16)19(22)27-12-11-26-18-9-7-17(8-10-18)21(24)25/h3-10,14H,11-13H2,1-2H3. The number of nitro benzene ring substituents is 1. The van der Waals surface area contributed by atoms with Gasteiger partial charge in [0.15, 0.2) is 0 Å². The molecule has 0 amide bonds. The largest absolute Gasteiger partial charge is 0.490 e. The van der Waals surface area contributed by atoms with Crippen LogP contribution in [0, 0.1) is 16.0 Å². The second kappa shape index (κ2) is 10.1. The first-order valence-electron chi connectivity index (χ1n) is 8.68. The van der Waals surface area contributed by atoms with Crippen molar-refractivity contribution in [3.05, 3.63) is 69.8 Å². The average molecular weight is 387 g/mol. The smallest absolute Gasteiger partial charge is 0.338 e. The van der Waals surface area contributed by atoms with E-state index in [0.29, 0.717) is 23.5 Å². The predicted octanol–water partition coefficient (Wildman–Crippen LogP) is 3.64. The van der Waals surface area contributed by atoms with Crippen molar-refractivity contribution in [1.29, 1.82) is 0 Å². The number of benzene rings is 2. The zero-order valence-electron chi connectivity index (χ0n) is 15.6. The maximum atomic E-state index is 12.0. The van der Waals surface area contributed by atoms with Gasteiger partial charge in [-0.25, -0.2) is 9.59 Å². The molecular weight excluding hydrogens is 366 g/mol. The van der Waals surface area contributed by atoms with E-state index < -0.39 is 16.9 Å². The minimum Gasteiger partial charge on any atom is -0.490 e. The van der Waals surface area contributed by atoms with Crippen LogP contribution in [0.2, 0.25) is 0 Å². The molecule has 0 saturated carbocycles. The first-order chi connectivity index (χ1) is 13.4. The Kier molecular flexibility index (Phi) is 7.50. The maximum Gasteiger partial charge on any atom is 0.338 e. The highest BCUT2D eigenvalue weighted by atomic mass is 16.6. The van der Waals surface area contributed by atoms with E-state index in [1.54, 1.807) is 0 Å². The fourth-order valence-corrected chi connectivity index (χ4v) is 2.11. The summed E-state index contributed by atoms with van der Waals surface area (Å²) in [5, 5.41) is 10.6. The van der Waals surface area contributed by atoms with Crippen molar-refractivity contribution >= 4 is 17.6 Å². The van der Waals surface area contributed by atoms with Crippen LogP contribution in [0.3, 0.4) is 0 Å². The van der Waals surface area contributed by atoms with Gasteiger partial charge in [-0.15, -0.1) is 0 Å². The first-order valence-corrected chi connectivity index (χ1v) is 8.68. The van der Waals surface area contributed by atoms with Crippen LogP contribution in [-0.4, -0.2) is 36.7 Å². The van der Waals surface area contributed by atoms with E-state index in [9.17, 15) is 19.7 Å².